The van der Waals surface area contributed by atoms with Gasteiger partial charge in [0.2, 0.25) is 0 Å². The number of hydrogen-bond acceptors (Lipinski definition) is 6. The van der Waals surface area contributed by atoms with E-state index in [1.54, 1.807) is 6.92 Å². The zero-order valence-electron chi connectivity index (χ0n) is 11.7. The maximum Gasteiger partial charge on any atom is 0.317 e. The zero-order valence-corrected chi connectivity index (χ0v) is 11.7. The van der Waals surface area contributed by atoms with Crippen molar-refractivity contribution in [2.45, 2.75) is 63.3 Å². The molecule has 2 aliphatic rings. The van der Waals surface area contributed by atoms with E-state index in [0.717, 1.165) is 0 Å². The first-order chi connectivity index (χ1) is 9.21. The Balaban J connectivity index is 2.16. The molecule has 2 bridgehead atoms. The molecule has 0 spiro atoms. The van der Waals surface area contributed by atoms with E-state index in [1.165, 1.54) is 13.8 Å². The molecule has 2 saturated heterocycles. The molecule has 2 rings (SSSR count). The Hall–Kier alpha value is -1.34. The molecule has 8 heteroatoms. The van der Waals surface area contributed by atoms with E-state index < -0.39 is 29.5 Å². The van der Waals surface area contributed by atoms with Crippen LogP contribution in [0.5, 0.6) is 0 Å². The van der Waals surface area contributed by atoms with Gasteiger partial charge in [-0.2, -0.15) is 0 Å². The smallest absolute Gasteiger partial charge is 0.317 e. The first-order valence-corrected chi connectivity index (χ1v) is 6.57. The molecule has 20 heavy (non-hydrogen) atoms. The SMILES string of the molecule is C[C@H]1[C@H](OC(=O)C(C)(C)N=[N+]=[N-])C(O)[C@]2(O)CC[C@H]1O2. The molecule has 0 aliphatic carbocycles. The van der Waals surface area contributed by atoms with Gasteiger partial charge in [-0.3, -0.25) is 4.79 Å². The molecule has 5 atom stereocenters. The Kier molecular flexibility index (Phi) is 3.68. The van der Waals surface area contributed by atoms with E-state index >= 15 is 0 Å². The van der Waals surface area contributed by atoms with E-state index in [2.05, 4.69) is 10.0 Å². The summed E-state index contributed by atoms with van der Waals surface area (Å²) in [6.45, 7) is 4.64. The predicted octanol–water partition coefficient (Wildman–Crippen LogP) is 0.865. The number of carbonyl (C=O) groups excluding carboxylic acids is 1. The van der Waals surface area contributed by atoms with Gasteiger partial charge in [0.15, 0.2) is 5.79 Å². The van der Waals surface area contributed by atoms with E-state index in [4.69, 9.17) is 15.0 Å². The summed E-state index contributed by atoms with van der Waals surface area (Å²) in [5, 5.41) is 23.7. The number of fused-ring (bicyclic) bond motifs is 2. The lowest BCUT2D eigenvalue weighted by Crippen LogP contribution is -2.59. The highest BCUT2D eigenvalue weighted by Crippen LogP contribution is 2.44. The monoisotopic (exact) mass is 285 g/mol. The lowest BCUT2D eigenvalue weighted by Gasteiger charge is -2.42. The van der Waals surface area contributed by atoms with Gasteiger partial charge in [0, 0.05) is 17.3 Å². The van der Waals surface area contributed by atoms with Gasteiger partial charge in [0.1, 0.15) is 17.7 Å². The fourth-order valence-corrected chi connectivity index (χ4v) is 2.66. The summed E-state index contributed by atoms with van der Waals surface area (Å²) in [5.41, 5.74) is 7.07. The number of carbonyl (C=O) groups is 1. The van der Waals surface area contributed by atoms with Crippen LogP contribution in [0.15, 0.2) is 5.11 Å². The summed E-state index contributed by atoms with van der Waals surface area (Å²) >= 11 is 0. The van der Waals surface area contributed by atoms with Crippen LogP contribution in [0, 0.1) is 5.92 Å². The highest BCUT2D eigenvalue weighted by Gasteiger charge is 2.58. The van der Waals surface area contributed by atoms with Crippen LogP contribution in [0.4, 0.5) is 0 Å². The molecule has 8 nitrogen and oxygen atoms in total. The van der Waals surface area contributed by atoms with Crippen molar-refractivity contribution in [2.75, 3.05) is 0 Å². The Bertz CT molecular complexity index is 462. The van der Waals surface area contributed by atoms with Crippen LogP contribution in [0.3, 0.4) is 0 Å². The minimum Gasteiger partial charge on any atom is -0.458 e. The molecule has 2 aliphatic heterocycles. The molecule has 0 radical (unpaired) electrons. The third-order valence-corrected chi connectivity index (χ3v) is 4.06. The van der Waals surface area contributed by atoms with Crippen LogP contribution in [0.2, 0.25) is 0 Å². The second-order valence-electron chi connectivity index (χ2n) is 5.96. The van der Waals surface area contributed by atoms with Crippen molar-refractivity contribution in [3.8, 4) is 0 Å². The van der Waals surface area contributed by atoms with Crippen molar-refractivity contribution in [1.82, 2.24) is 0 Å². The summed E-state index contributed by atoms with van der Waals surface area (Å²) in [6, 6.07) is 0. The van der Waals surface area contributed by atoms with Crippen LogP contribution >= 0.6 is 0 Å². The van der Waals surface area contributed by atoms with Crippen LogP contribution < -0.4 is 0 Å². The molecule has 2 N–H and O–H groups in total. The van der Waals surface area contributed by atoms with Gasteiger partial charge in [-0.05, 0) is 25.8 Å². The molecule has 0 aromatic heterocycles. The molecule has 1 unspecified atom stereocenters. The van der Waals surface area contributed by atoms with Gasteiger partial charge in [0.25, 0.3) is 0 Å². The Morgan fingerprint density at radius 3 is 2.85 bits per heavy atom. The lowest BCUT2D eigenvalue weighted by atomic mass is 9.90. The first kappa shape index (κ1) is 15.1. The zero-order chi connectivity index (χ0) is 15.1. The van der Waals surface area contributed by atoms with Gasteiger partial charge in [-0.25, -0.2) is 0 Å². The van der Waals surface area contributed by atoms with Crippen molar-refractivity contribution in [3.05, 3.63) is 10.4 Å². The van der Waals surface area contributed by atoms with Crippen molar-refractivity contribution < 1.29 is 24.5 Å². The maximum absolute atomic E-state index is 12.0. The van der Waals surface area contributed by atoms with E-state index in [0.29, 0.717) is 12.8 Å². The second kappa shape index (κ2) is 4.89. The Labute approximate surface area is 116 Å². The molecule has 2 heterocycles. The van der Waals surface area contributed by atoms with Crippen molar-refractivity contribution in [1.29, 1.82) is 0 Å². The number of nitrogens with zero attached hydrogens (tertiary/aromatic N) is 3. The number of aliphatic hydroxyl groups is 2. The molecular formula is C12H19N3O5. The molecule has 0 amide bonds. The molecule has 0 aromatic rings. The number of esters is 1. The third kappa shape index (κ3) is 2.35. The van der Waals surface area contributed by atoms with E-state index in [-0.39, 0.29) is 12.0 Å². The van der Waals surface area contributed by atoms with Gasteiger partial charge in [-0.15, -0.1) is 0 Å². The van der Waals surface area contributed by atoms with Gasteiger partial charge in [0.05, 0.1) is 6.10 Å². The van der Waals surface area contributed by atoms with Gasteiger partial charge in [-0.1, -0.05) is 12.0 Å². The van der Waals surface area contributed by atoms with Crippen LogP contribution in [-0.2, 0) is 14.3 Å². The normalized spacial score (nSPS) is 40.0. The fourth-order valence-electron chi connectivity index (χ4n) is 2.66. The summed E-state index contributed by atoms with van der Waals surface area (Å²) in [4.78, 5) is 14.6. The van der Waals surface area contributed by atoms with Crippen LogP contribution in [0.25, 0.3) is 10.4 Å². The van der Waals surface area contributed by atoms with Crippen molar-refractivity contribution in [3.63, 3.8) is 0 Å². The van der Waals surface area contributed by atoms with Gasteiger partial charge < -0.3 is 19.7 Å². The first-order valence-electron chi connectivity index (χ1n) is 6.57. The number of hydrogen-bond donors (Lipinski definition) is 2. The van der Waals surface area contributed by atoms with Gasteiger partial charge >= 0.3 is 5.97 Å². The number of azide groups is 1. The summed E-state index contributed by atoms with van der Waals surface area (Å²) < 4.78 is 10.7. The Morgan fingerprint density at radius 1 is 1.60 bits per heavy atom. The van der Waals surface area contributed by atoms with Crippen molar-refractivity contribution >= 4 is 5.97 Å². The van der Waals surface area contributed by atoms with Crippen LogP contribution in [0.1, 0.15) is 33.6 Å². The minimum absolute atomic E-state index is 0.251. The largest absolute Gasteiger partial charge is 0.458 e. The molecule has 0 aromatic carbocycles. The molecule has 0 saturated carbocycles. The number of rotatable bonds is 3. The number of ether oxygens (including phenoxy) is 2. The quantitative estimate of drug-likeness (QED) is 0.344. The molecular weight excluding hydrogens is 266 g/mol. The summed E-state index contributed by atoms with van der Waals surface area (Å²) in [5.74, 6) is -2.65. The average Bonchev–Trinajstić information content (AvgIpc) is 2.74. The number of aliphatic hydroxyl groups excluding tert-OH is 1. The summed E-state index contributed by atoms with van der Waals surface area (Å²) in [6.07, 6.45) is -1.56. The highest BCUT2D eigenvalue weighted by atomic mass is 16.7. The van der Waals surface area contributed by atoms with Crippen LogP contribution in [-0.4, -0.2) is 45.8 Å². The van der Waals surface area contributed by atoms with E-state index in [1.807, 2.05) is 0 Å². The maximum atomic E-state index is 12.0. The Morgan fingerprint density at radius 2 is 2.25 bits per heavy atom. The standard InChI is InChI=1S/C12H19N3O5/c1-6-7-4-5-12(18,20-7)9(16)8(6)19-10(17)11(2,3)14-15-13/h6-9,16,18H,4-5H2,1-3H3/t6-,7-,8+,9?,12+/m1/s1. The lowest BCUT2D eigenvalue weighted by molar-refractivity contribution is -0.307. The molecule has 112 valence electrons. The minimum atomic E-state index is -1.66. The summed E-state index contributed by atoms with van der Waals surface area (Å²) in [7, 11) is 0. The topological polar surface area (TPSA) is 125 Å². The predicted molar refractivity (Wildman–Crippen MR) is 67.3 cm³/mol. The highest BCUT2D eigenvalue weighted by molar-refractivity contribution is 5.80. The van der Waals surface area contributed by atoms with Crippen molar-refractivity contribution in [2.24, 2.45) is 11.0 Å². The third-order valence-electron chi connectivity index (χ3n) is 4.06. The fraction of sp³-hybridized carbons (Fsp3) is 0.917. The molecule has 2 fully saturated rings. The second-order valence-corrected chi connectivity index (χ2v) is 5.96. The average molecular weight is 285 g/mol. The van der Waals surface area contributed by atoms with E-state index in [9.17, 15) is 15.0 Å².